The van der Waals surface area contributed by atoms with Crippen molar-refractivity contribution in [2.75, 3.05) is 5.73 Å². The molecule has 2 rings (SSSR count). The van der Waals surface area contributed by atoms with Crippen LogP contribution in [0.3, 0.4) is 0 Å². The third kappa shape index (κ3) is 1.62. The summed E-state index contributed by atoms with van der Waals surface area (Å²) in [5.41, 5.74) is 5.34. The first-order valence-electron chi connectivity index (χ1n) is 4.43. The average Bonchev–Trinajstić information content (AvgIpc) is 2.53. The van der Waals surface area contributed by atoms with E-state index >= 15 is 0 Å². The third-order valence-corrected chi connectivity index (χ3v) is 2.18. The van der Waals surface area contributed by atoms with Crippen molar-refractivity contribution in [3.63, 3.8) is 0 Å². The van der Waals surface area contributed by atoms with Crippen LogP contribution >= 0.6 is 0 Å². The van der Waals surface area contributed by atoms with Gasteiger partial charge in [0.1, 0.15) is 11.6 Å². The van der Waals surface area contributed by atoms with Crippen molar-refractivity contribution in [3.05, 3.63) is 35.7 Å². The standard InChI is InChI=1S/C10H8F3N3/c1-16-9(14)4-8(15-16)6-2-5(11)3-7(12)10(6)13/h2-4H,14H2,1H3. The number of aryl methyl sites for hydroxylation is 1. The molecular formula is C10H8F3N3. The van der Waals surface area contributed by atoms with E-state index in [9.17, 15) is 13.2 Å². The van der Waals surface area contributed by atoms with Crippen LogP contribution in [0.2, 0.25) is 0 Å². The number of aromatic nitrogens is 2. The number of benzene rings is 1. The lowest BCUT2D eigenvalue weighted by molar-refractivity contribution is 0.497. The molecule has 2 N–H and O–H groups in total. The number of hydrogen-bond acceptors (Lipinski definition) is 2. The molecule has 0 spiro atoms. The Labute approximate surface area is 89.3 Å². The maximum absolute atomic E-state index is 13.4. The molecule has 0 aliphatic rings. The number of nitrogen functional groups attached to an aromatic ring is 1. The van der Waals surface area contributed by atoms with E-state index in [2.05, 4.69) is 5.10 Å². The van der Waals surface area contributed by atoms with Crippen LogP contribution in [0.25, 0.3) is 11.3 Å². The Morgan fingerprint density at radius 2 is 1.88 bits per heavy atom. The van der Waals surface area contributed by atoms with E-state index in [-0.39, 0.29) is 17.1 Å². The molecule has 0 saturated heterocycles. The molecule has 0 saturated carbocycles. The lowest BCUT2D eigenvalue weighted by Gasteiger charge is -2.00. The van der Waals surface area contributed by atoms with Gasteiger partial charge < -0.3 is 5.73 Å². The molecule has 16 heavy (non-hydrogen) atoms. The summed E-state index contributed by atoms with van der Waals surface area (Å²) >= 11 is 0. The van der Waals surface area contributed by atoms with Gasteiger partial charge >= 0.3 is 0 Å². The zero-order chi connectivity index (χ0) is 11.9. The number of hydrogen-bond donors (Lipinski definition) is 1. The maximum Gasteiger partial charge on any atom is 0.168 e. The van der Waals surface area contributed by atoms with Gasteiger partial charge in [-0.3, -0.25) is 4.68 Å². The summed E-state index contributed by atoms with van der Waals surface area (Å²) in [4.78, 5) is 0. The quantitative estimate of drug-likeness (QED) is 0.758. The maximum atomic E-state index is 13.4. The highest BCUT2D eigenvalue weighted by molar-refractivity contribution is 5.63. The van der Waals surface area contributed by atoms with E-state index in [1.165, 1.54) is 10.7 Å². The Morgan fingerprint density at radius 1 is 1.19 bits per heavy atom. The average molecular weight is 227 g/mol. The molecule has 0 radical (unpaired) electrons. The number of halogens is 3. The Bertz CT molecular complexity index is 529. The summed E-state index contributed by atoms with van der Waals surface area (Å²) in [5, 5.41) is 3.84. The normalized spacial score (nSPS) is 10.8. The number of anilines is 1. The first-order valence-corrected chi connectivity index (χ1v) is 4.43. The third-order valence-electron chi connectivity index (χ3n) is 2.18. The van der Waals surface area contributed by atoms with Crippen LogP contribution < -0.4 is 5.73 Å². The number of nitrogens with zero attached hydrogens (tertiary/aromatic N) is 2. The van der Waals surface area contributed by atoms with E-state index in [1.807, 2.05) is 0 Å². The van der Waals surface area contributed by atoms with Crippen LogP contribution in [0.5, 0.6) is 0 Å². The van der Waals surface area contributed by atoms with Crippen molar-refractivity contribution in [3.8, 4) is 11.3 Å². The topological polar surface area (TPSA) is 43.8 Å². The van der Waals surface area contributed by atoms with E-state index in [0.717, 1.165) is 6.07 Å². The van der Waals surface area contributed by atoms with Gasteiger partial charge in [0.05, 0.1) is 5.69 Å². The summed E-state index contributed by atoms with van der Waals surface area (Å²) in [6.45, 7) is 0. The van der Waals surface area contributed by atoms with Crippen molar-refractivity contribution in [1.82, 2.24) is 9.78 Å². The zero-order valence-corrected chi connectivity index (χ0v) is 8.34. The van der Waals surface area contributed by atoms with Gasteiger partial charge in [-0.2, -0.15) is 5.10 Å². The van der Waals surface area contributed by atoms with Gasteiger partial charge in [0.2, 0.25) is 0 Å². The molecular weight excluding hydrogens is 219 g/mol. The second kappa shape index (κ2) is 3.55. The van der Waals surface area contributed by atoms with Gasteiger partial charge in [-0.25, -0.2) is 13.2 Å². The Balaban J connectivity index is 2.63. The van der Waals surface area contributed by atoms with Crippen molar-refractivity contribution < 1.29 is 13.2 Å². The summed E-state index contributed by atoms with van der Waals surface area (Å²) in [5.74, 6) is -2.98. The van der Waals surface area contributed by atoms with Crippen LogP contribution in [0.15, 0.2) is 18.2 Å². The summed E-state index contributed by atoms with van der Waals surface area (Å²) in [6.07, 6.45) is 0. The highest BCUT2D eigenvalue weighted by Crippen LogP contribution is 2.25. The molecule has 0 aliphatic heterocycles. The molecule has 0 unspecified atom stereocenters. The van der Waals surface area contributed by atoms with Crippen molar-refractivity contribution in [2.24, 2.45) is 7.05 Å². The first-order chi connectivity index (χ1) is 7.49. The molecule has 0 bridgehead atoms. The molecule has 0 amide bonds. The lowest BCUT2D eigenvalue weighted by atomic mass is 10.1. The summed E-state index contributed by atoms with van der Waals surface area (Å²) in [7, 11) is 1.55. The highest BCUT2D eigenvalue weighted by atomic mass is 19.2. The van der Waals surface area contributed by atoms with Gasteiger partial charge in [-0.05, 0) is 6.07 Å². The van der Waals surface area contributed by atoms with Crippen LogP contribution in [0.4, 0.5) is 19.0 Å². The van der Waals surface area contributed by atoms with Gasteiger partial charge in [0.25, 0.3) is 0 Å². The molecule has 0 atom stereocenters. The van der Waals surface area contributed by atoms with E-state index in [0.29, 0.717) is 6.07 Å². The smallest absolute Gasteiger partial charge is 0.168 e. The van der Waals surface area contributed by atoms with Crippen LogP contribution in [-0.4, -0.2) is 9.78 Å². The Hall–Kier alpha value is -1.98. The molecule has 2 aromatic rings. The molecule has 6 heteroatoms. The second-order valence-electron chi connectivity index (χ2n) is 3.33. The second-order valence-corrected chi connectivity index (χ2v) is 3.33. The van der Waals surface area contributed by atoms with Crippen molar-refractivity contribution >= 4 is 5.82 Å². The molecule has 0 fully saturated rings. The molecule has 1 aromatic heterocycles. The minimum absolute atomic E-state index is 0.0934. The lowest BCUT2D eigenvalue weighted by Crippen LogP contribution is -1.97. The SMILES string of the molecule is Cn1nc(-c2cc(F)cc(F)c2F)cc1N. The predicted molar refractivity (Wildman–Crippen MR) is 52.9 cm³/mol. The first kappa shape index (κ1) is 10.5. The summed E-state index contributed by atoms with van der Waals surface area (Å²) in [6, 6.07) is 2.70. The Kier molecular flexibility index (Phi) is 2.34. The fourth-order valence-corrected chi connectivity index (χ4v) is 1.36. The molecule has 1 heterocycles. The Morgan fingerprint density at radius 3 is 2.44 bits per heavy atom. The van der Waals surface area contributed by atoms with Crippen LogP contribution in [0.1, 0.15) is 0 Å². The van der Waals surface area contributed by atoms with Gasteiger partial charge in [-0.15, -0.1) is 0 Å². The highest BCUT2D eigenvalue weighted by Gasteiger charge is 2.15. The number of rotatable bonds is 1. The minimum atomic E-state index is -1.25. The van der Waals surface area contributed by atoms with E-state index in [4.69, 9.17) is 5.73 Å². The zero-order valence-electron chi connectivity index (χ0n) is 8.34. The fourth-order valence-electron chi connectivity index (χ4n) is 1.36. The van der Waals surface area contributed by atoms with Gasteiger partial charge in [0, 0.05) is 24.7 Å². The predicted octanol–water partition coefficient (Wildman–Crippen LogP) is 2.09. The fraction of sp³-hybridized carbons (Fsp3) is 0.100. The van der Waals surface area contributed by atoms with Gasteiger partial charge in [-0.1, -0.05) is 0 Å². The van der Waals surface area contributed by atoms with Crippen LogP contribution in [-0.2, 0) is 7.05 Å². The summed E-state index contributed by atoms with van der Waals surface area (Å²) < 4.78 is 40.5. The minimum Gasteiger partial charge on any atom is -0.384 e. The van der Waals surface area contributed by atoms with Crippen LogP contribution in [0, 0.1) is 17.5 Å². The van der Waals surface area contributed by atoms with Crippen molar-refractivity contribution in [1.29, 1.82) is 0 Å². The van der Waals surface area contributed by atoms with Gasteiger partial charge in [0.15, 0.2) is 11.6 Å². The van der Waals surface area contributed by atoms with Crippen molar-refractivity contribution in [2.45, 2.75) is 0 Å². The molecule has 3 nitrogen and oxygen atoms in total. The monoisotopic (exact) mass is 227 g/mol. The van der Waals surface area contributed by atoms with E-state index in [1.54, 1.807) is 7.05 Å². The molecule has 84 valence electrons. The molecule has 1 aromatic carbocycles. The number of nitrogens with two attached hydrogens (primary N) is 1. The molecule has 0 aliphatic carbocycles. The van der Waals surface area contributed by atoms with E-state index < -0.39 is 17.5 Å². The largest absolute Gasteiger partial charge is 0.384 e.